The van der Waals surface area contributed by atoms with E-state index < -0.39 is 11.9 Å². The third-order valence-electron chi connectivity index (χ3n) is 11.4. The minimum Gasteiger partial charge on any atom is -0.489 e. The van der Waals surface area contributed by atoms with Crippen molar-refractivity contribution in [2.45, 2.75) is 39.3 Å². The summed E-state index contributed by atoms with van der Waals surface area (Å²) in [6, 6.07) is 72.9. The zero-order valence-electron chi connectivity index (χ0n) is 38.4. The summed E-state index contributed by atoms with van der Waals surface area (Å²) in [5.74, 6) is 0.637. The molecule has 70 heavy (non-hydrogen) atoms. The van der Waals surface area contributed by atoms with Crippen LogP contribution >= 0.6 is 0 Å². The zero-order valence-corrected chi connectivity index (χ0v) is 38.4. The van der Waals surface area contributed by atoms with E-state index in [0.29, 0.717) is 47.0 Å². The van der Waals surface area contributed by atoms with Crippen molar-refractivity contribution < 1.29 is 38.0 Å². The Labute approximate surface area is 408 Å². The Balaban J connectivity index is 1.26. The normalized spacial score (nSPS) is 10.7. The van der Waals surface area contributed by atoms with Gasteiger partial charge in [0.1, 0.15) is 37.9 Å². The van der Waals surface area contributed by atoms with Crippen LogP contribution < -0.4 is 28.4 Å². The second kappa shape index (κ2) is 23.2. The van der Waals surface area contributed by atoms with Gasteiger partial charge in [0, 0.05) is 0 Å². The quantitative estimate of drug-likeness (QED) is 0.0552. The van der Waals surface area contributed by atoms with E-state index in [1.165, 1.54) is 0 Å². The molecule has 8 heteroatoms. The molecule has 0 amide bonds. The third-order valence-corrected chi connectivity index (χ3v) is 11.4. The molecule has 8 nitrogen and oxygen atoms in total. The first-order chi connectivity index (χ1) is 34.5. The van der Waals surface area contributed by atoms with Gasteiger partial charge < -0.3 is 28.4 Å². The molecule has 346 valence electrons. The van der Waals surface area contributed by atoms with Crippen LogP contribution in [-0.4, -0.2) is 11.9 Å². The van der Waals surface area contributed by atoms with Crippen LogP contribution in [0.2, 0.25) is 0 Å². The maximum absolute atomic E-state index is 14.5. The van der Waals surface area contributed by atoms with Gasteiger partial charge in [0.2, 0.25) is 0 Å². The lowest BCUT2D eigenvalue weighted by Crippen LogP contribution is -2.17. The molecule has 0 saturated carbocycles. The first-order valence-electron chi connectivity index (χ1n) is 23.1. The van der Waals surface area contributed by atoms with Crippen LogP contribution in [-0.2, 0) is 48.9 Å². The molecule has 0 aliphatic rings. The summed E-state index contributed by atoms with van der Waals surface area (Å²) in [7, 11) is 0. The summed E-state index contributed by atoms with van der Waals surface area (Å²) in [6.07, 6.45) is -0.0804. The van der Waals surface area contributed by atoms with Gasteiger partial charge in [-0.3, -0.25) is 9.59 Å². The van der Waals surface area contributed by atoms with Crippen LogP contribution in [0.25, 0.3) is 22.3 Å². The summed E-state index contributed by atoms with van der Waals surface area (Å²) in [4.78, 5) is 28.9. The van der Waals surface area contributed by atoms with Gasteiger partial charge in [-0.25, -0.2) is 0 Å². The van der Waals surface area contributed by atoms with Gasteiger partial charge in [0.25, 0.3) is 0 Å². The largest absolute Gasteiger partial charge is 0.489 e. The molecule has 0 unspecified atom stereocenters. The van der Waals surface area contributed by atoms with Crippen molar-refractivity contribution in [2.24, 2.45) is 0 Å². The van der Waals surface area contributed by atoms with Crippen LogP contribution in [0.1, 0.15) is 33.4 Å². The molecular weight excluding hydrogens is 873 g/mol. The van der Waals surface area contributed by atoms with Gasteiger partial charge >= 0.3 is 11.9 Å². The SMILES string of the molecule is O=C(Cc1ccccc1)Oc1c(OCc2ccccc2)c(-c2ccc(OCc3ccccc3)cc2)c(OC(=O)Cc2ccccc2)c(OCc2ccccc2)c1-c1ccc(OCc2ccccc2)cc1. The van der Waals surface area contributed by atoms with Crippen molar-refractivity contribution in [3.05, 3.63) is 264 Å². The highest BCUT2D eigenvalue weighted by atomic mass is 16.6. The van der Waals surface area contributed by atoms with Crippen LogP contribution in [0.15, 0.2) is 231 Å². The number of carbonyl (C=O) groups excluding carboxylic acids is 2. The Kier molecular flexibility index (Phi) is 15.3. The molecular formula is C62H50O8. The number of benzene rings is 9. The number of carbonyl (C=O) groups is 2. The highest BCUT2D eigenvalue weighted by Gasteiger charge is 2.34. The average Bonchev–Trinajstić information content (AvgIpc) is 3.41. The van der Waals surface area contributed by atoms with E-state index in [9.17, 15) is 9.59 Å². The fraction of sp³-hybridized carbons (Fsp3) is 0.0968. The summed E-state index contributed by atoms with van der Waals surface area (Å²) < 4.78 is 39.6. The Morgan fingerprint density at radius 1 is 0.271 bits per heavy atom. The fourth-order valence-corrected chi connectivity index (χ4v) is 7.86. The van der Waals surface area contributed by atoms with Crippen LogP contribution in [0.3, 0.4) is 0 Å². The van der Waals surface area contributed by atoms with Crippen molar-refractivity contribution in [2.75, 3.05) is 0 Å². The number of hydrogen-bond acceptors (Lipinski definition) is 8. The lowest BCUT2D eigenvalue weighted by Gasteiger charge is -2.26. The van der Waals surface area contributed by atoms with Gasteiger partial charge in [-0.2, -0.15) is 0 Å². The van der Waals surface area contributed by atoms with Crippen molar-refractivity contribution in [3.8, 4) is 56.8 Å². The summed E-state index contributed by atoms with van der Waals surface area (Å²) >= 11 is 0. The minimum absolute atomic E-state index is 0.0402. The number of hydrogen-bond donors (Lipinski definition) is 0. The van der Waals surface area contributed by atoms with Crippen LogP contribution in [0, 0.1) is 0 Å². The van der Waals surface area contributed by atoms with Gasteiger partial charge in [-0.05, 0) is 68.8 Å². The van der Waals surface area contributed by atoms with Gasteiger partial charge in [-0.15, -0.1) is 0 Å². The Hall–Kier alpha value is -8.88. The first-order valence-corrected chi connectivity index (χ1v) is 23.1. The third kappa shape index (κ3) is 12.4. The Bertz CT molecular complexity index is 2860. The maximum atomic E-state index is 14.5. The van der Waals surface area contributed by atoms with Crippen LogP contribution in [0.5, 0.6) is 34.5 Å². The highest BCUT2D eigenvalue weighted by Crippen LogP contribution is 2.58. The smallest absolute Gasteiger partial charge is 0.315 e. The molecule has 9 rings (SSSR count). The van der Waals surface area contributed by atoms with Gasteiger partial charge in [0.15, 0.2) is 23.0 Å². The van der Waals surface area contributed by atoms with E-state index in [4.69, 9.17) is 28.4 Å². The fourth-order valence-electron chi connectivity index (χ4n) is 7.86. The predicted octanol–water partition coefficient (Wildman–Crippen LogP) is 13.6. The molecule has 9 aromatic carbocycles. The van der Waals surface area contributed by atoms with Crippen molar-refractivity contribution in [1.29, 1.82) is 0 Å². The van der Waals surface area contributed by atoms with E-state index in [2.05, 4.69) is 0 Å². The first kappa shape index (κ1) is 46.2. The lowest BCUT2D eigenvalue weighted by atomic mass is 9.94. The van der Waals surface area contributed by atoms with Crippen molar-refractivity contribution in [1.82, 2.24) is 0 Å². The Morgan fingerprint density at radius 3 is 0.814 bits per heavy atom. The van der Waals surface area contributed by atoms with E-state index in [1.54, 1.807) is 0 Å². The minimum atomic E-state index is -0.543. The van der Waals surface area contributed by atoms with Crippen molar-refractivity contribution in [3.63, 3.8) is 0 Å². The molecule has 0 aliphatic carbocycles. The molecule has 0 atom stereocenters. The topological polar surface area (TPSA) is 89.5 Å². The maximum Gasteiger partial charge on any atom is 0.315 e. The molecule has 0 fully saturated rings. The Morgan fingerprint density at radius 2 is 0.529 bits per heavy atom. The second-order valence-corrected chi connectivity index (χ2v) is 16.5. The standard InChI is InChI=1S/C62H50O8/c63-55(39-45-19-7-1-8-20-45)69-61-57(51-31-35-53(36-32-51)65-41-47-23-11-3-12-24-47)60(68-44-50-29-17-6-18-30-50)62(70-56(64)40-46-21-9-2-10-22-46)58(59(61)67-43-49-27-15-5-16-28-49)52-33-37-54(38-34-52)66-42-48-25-13-4-14-26-48/h1-38H,39-44H2. The molecule has 0 radical (unpaired) electrons. The number of esters is 2. The lowest BCUT2D eigenvalue weighted by molar-refractivity contribution is -0.134. The zero-order chi connectivity index (χ0) is 47.7. The number of rotatable bonds is 20. The van der Waals surface area contributed by atoms with E-state index in [1.807, 2.05) is 231 Å². The highest BCUT2D eigenvalue weighted by molar-refractivity contribution is 5.96. The van der Waals surface area contributed by atoms with Gasteiger partial charge in [-0.1, -0.05) is 206 Å². The molecule has 0 spiro atoms. The molecule has 0 saturated heterocycles. The number of ether oxygens (including phenoxy) is 6. The summed E-state index contributed by atoms with van der Waals surface area (Å²) in [5, 5.41) is 0. The van der Waals surface area contributed by atoms with Crippen LogP contribution in [0.4, 0.5) is 0 Å². The second-order valence-electron chi connectivity index (χ2n) is 16.5. The van der Waals surface area contributed by atoms with E-state index in [-0.39, 0.29) is 49.1 Å². The van der Waals surface area contributed by atoms with E-state index in [0.717, 1.165) is 33.4 Å². The molecule has 0 heterocycles. The average molecular weight is 923 g/mol. The summed E-state index contributed by atoms with van der Waals surface area (Å²) in [5.41, 5.74) is 7.11. The molecule has 0 bridgehead atoms. The molecule has 0 aromatic heterocycles. The molecule has 0 N–H and O–H groups in total. The monoisotopic (exact) mass is 922 g/mol. The molecule has 0 aliphatic heterocycles. The van der Waals surface area contributed by atoms with E-state index >= 15 is 0 Å². The summed E-state index contributed by atoms with van der Waals surface area (Å²) in [6.45, 7) is 0.862. The van der Waals surface area contributed by atoms with Crippen molar-refractivity contribution >= 4 is 11.9 Å². The van der Waals surface area contributed by atoms with Gasteiger partial charge in [0.05, 0.1) is 24.0 Å². The predicted molar refractivity (Wildman–Crippen MR) is 272 cm³/mol. The molecule has 9 aromatic rings.